The zero-order valence-electron chi connectivity index (χ0n) is 19.1. The molecule has 3 rings (SSSR count). The van der Waals surface area contributed by atoms with Gasteiger partial charge in [-0.2, -0.15) is 8.42 Å². The van der Waals surface area contributed by atoms with Gasteiger partial charge in [-0.05, 0) is 50.0 Å². The fourth-order valence-corrected chi connectivity index (χ4v) is 3.47. The van der Waals surface area contributed by atoms with Crippen LogP contribution in [-0.2, 0) is 16.7 Å². The number of nitrogen functional groups attached to an aromatic ring is 1. The lowest BCUT2D eigenvalue weighted by Gasteiger charge is -2.11. The fraction of sp³-hybridized carbons (Fsp3) is 0.500. The fourth-order valence-electron chi connectivity index (χ4n) is 3.07. The van der Waals surface area contributed by atoms with E-state index in [4.69, 9.17) is 19.7 Å². The number of anilines is 1. The van der Waals surface area contributed by atoms with Crippen LogP contribution in [0, 0.1) is 11.8 Å². The van der Waals surface area contributed by atoms with E-state index in [2.05, 4.69) is 37.4 Å². The summed E-state index contributed by atoms with van der Waals surface area (Å²) in [6, 6.07) is 0. The summed E-state index contributed by atoms with van der Waals surface area (Å²) < 4.78 is 42.8. The van der Waals surface area contributed by atoms with Gasteiger partial charge >= 0.3 is 0 Å². The van der Waals surface area contributed by atoms with Crippen LogP contribution in [0.4, 0.5) is 5.82 Å². The van der Waals surface area contributed by atoms with Crippen molar-refractivity contribution in [3.63, 3.8) is 0 Å². The van der Waals surface area contributed by atoms with Gasteiger partial charge < -0.3 is 25.5 Å². The Morgan fingerprint density at radius 1 is 1.32 bits per heavy atom. The highest BCUT2D eigenvalue weighted by Gasteiger charge is 2.23. The van der Waals surface area contributed by atoms with Crippen molar-refractivity contribution >= 4 is 27.0 Å². The third-order valence-electron chi connectivity index (χ3n) is 4.56. The zero-order chi connectivity index (χ0) is 24.9. The molecular formula is C20H27N7O6S. The highest BCUT2D eigenvalue weighted by Crippen LogP contribution is 2.33. The predicted octanol–water partition coefficient (Wildman–Crippen LogP) is 0.452. The molecule has 13 nitrogen and oxygen atoms in total. The quantitative estimate of drug-likeness (QED) is 0.173. The molecule has 14 heteroatoms. The van der Waals surface area contributed by atoms with Gasteiger partial charge in [-0.25, -0.2) is 14.6 Å². The van der Waals surface area contributed by atoms with Gasteiger partial charge in [0.1, 0.15) is 22.3 Å². The molecule has 5 N–H and O–H groups in total. The molecule has 0 fully saturated rings. The van der Waals surface area contributed by atoms with Crippen LogP contribution >= 0.6 is 0 Å². The molecule has 0 amide bonds. The number of aromatic nitrogens is 5. The molecule has 3 heterocycles. The summed E-state index contributed by atoms with van der Waals surface area (Å²) in [4.78, 5) is 9.01. The smallest absolute Gasteiger partial charge is 0.266 e. The van der Waals surface area contributed by atoms with Crippen molar-refractivity contribution in [1.29, 1.82) is 0 Å². The Morgan fingerprint density at radius 3 is 2.71 bits per heavy atom. The van der Waals surface area contributed by atoms with E-state index in [1.165, 1.54) is 6.20 Å². The number of nitrogens with zero attached hydrogens (tertiary/aromatic N) is 5. The van der Waals surface area contributed by atoms with Gasteiger partial charge in [-0.3, -0.25) is 4.55 Å². The van der Waals surface area contributed by atoms with E-state index >= 15 is 0 Å². The van der Waals surface area contributed by atoms with Gasteiger partial charge in [0, 0.05) is 13.1 Å². The van der Waals surface area contributed by atoms with Gasteiger partial charge in [-0.15, -0.1) is 0 Å². The van der Waals surface area contributed by atoms with Crippen LogP contribution in [0.1, 0.15) is 32.9 Å². The molecule has 0 saturated heterocycles. The molecule has 3 aromatic rings. The van der Waals surface area contributed by atoms with Crippen molar-refractivity contribution in [1.82, 2.24) is 30.2 Å². The van der Waals surface area contributed by atoms with Crippen LogP contribution in [0.5, 0.6) is 5.75 Å². The highest BCUT2D eigenvalue weighted by molar-refractivity contribution is 7.85. The van der Waals surface area contributed by atoms with Crippen molar-refractivity contribution in [2.24, 2.45) is 0 Å². The number of rotatable bonds is 10. The van der Waals surface area contributed by atoms with E-state index in [0.717, 1.165) is 0 Å². The Labute approximate surface area is 196 Å². The Bertz CT molecular complexity index is 1310. The average Bonchev–Trinajstić information content (AvgIpc) is 3.33. The first-order valence-electron chi connectivity index (χ1n) is 10.5. The topological polar surface area (TPSA) is 192 Å². The van der Waals surface area contributed by atoms with Crippen LogP contribution in [-0.4, -0.2) is 74.0 Å². The first-order valence-corrected chi connectivity index (χ1v) is 12.1. The Hall–Kier alpha value is -3.25. The molecule has 0 saturated carbocycles. The van der Waals surface area contributed by atoms with Crippen LogP contribution in [0.15, 0.2) is 10.8 Å². The second-order valence-corrected chi connectivity index (χ2v) is 9.47. The number of nitrogens with one attached hydrogen (secondary N) is 1. The molecule has 0 aliphatic heterocycles. The monoisotopic (exact) mass is 493 g/mol. The summed E-state index contributed by atoms with van der Waals surface area (Å²) in [7, 11) is -3.99. The highest BCUT2D eigenvalue weighted by atomic mass is 32.2. The lowest BCUT2D eigenvalue weighted by atomic mass is 10.1. The predicted molar refractivity (Wildman–Crippen MR) is 123 cm³/mol. The number of aryl methyl sites for hydroxylation is 1. The van der Waals surface area contributed by atoms with Crippen molar-refractivity contribution in [3.05, 3.63) is 11.9 Å². The van der Waals surface area contributed by atoms with Crippen LogP contribution in [0.2, 0.25) is 0 Å². The summed E-state index contributed by atoms with van der Waals surface area (Å²) in [6.45, 7) is 6.47. The lowest BCUT2D eigenvalue weighted by molar-refractivity contribution is 0.143. The number of aliphatic hydroxyl groups is 1. The van der Waals surface area contributed by atoms with E-state index in [1.54, 1.807) is 13.8 Å². The van der Waals surface area contributed by atoms with Crippen LogP contribution in [0.25, 0.3) is 22.6 Å². The maximum Gasteiger partial charge on any atom is 0.266 e. The van der Waals surface area contributed by atoms with Gasteiger partial charge in [0.2, 0.25) is 0 Å². The van der Waals surface area contributed by atoms with E-state index in [9.17, 15) is 13.5 Å². The molecule has 0 aliphatic rings. The minimum atomic E-state index is -3.99. The molecule has 0 spiro atoms. The molecular weight excluding hydrogens is 466 g/mol. The summed E-state index contributed by atoms with van der Waals surface area (Å²) in [5, 5.41) is 20.4. The standard InChI is InChI=1S/C20H27N7O6S/c1-4-27-17-14(32-10-5-8-22-9-11-34(29,30)31)12-23-13(6-7-20(2,3)28)15(17)24-19(27)16-18(21)26-33-25-16/h12,22,28H,4-5,8-11H2,1-3H3,(H2,21,26)(H,29,30,31). The van der Waals surface area contributed by atoms with E-state index in [-0.39, 0.29) is 23.8 Å². The number of hydrogen-bond donors (Lipinski definition) is 4. The summed E-state index contributed by atoms with van der Waals surface area (Å²) in [5.74, 6) is 6.20. The molecule has 0 bridgehead atoms. The molecule has 0 aliphatic carbocycles. The molecule has 0 atom stereocenters. The first-order chi connectivity index (χ1) is 16.0. The van der Waals surface area contributed by atoms with Crippen LogP contribution in [0.3, 0.4) is 0 Å². The van der Waals surface area contributed by atoms with Crippen molar-refractivity contribution in [2.75, 3.05) is 31.2 Å². The van der Waals surface area contributed by atoms with Crippen molar-refractivity contribution in [3.8, 4) is 29.1 Å². The third kappa shape index (κ3) is 6.41. The maximum atomic E-state index is 10.8. The normalized spacial score (nSPS) is 12.0. The summed E-state index contributed by atoms with van der Waals surface area (Å²) in [5.41, 5.74) is 6.35. The molecule has 0 aromatic carbocycles. The second kappa shape index (κ2) is 10.3. The summed E-state index contributed by atoms with van der Waals surface area (Å²) in [6.07, 6.45) is 2.10. The van der Waals surface area contributed by atoms with Gasteiger partial charge in [0.05, 0.1) is 18.6 Å². The molecule has 184 valence electrons. The van der Waals surface area contributed by atoms with Crippen molar-refractivity contribution in [2.45, 2.75) is 39.3 Å². The average molecular weight is 494 g/mol. The van der Waals surface area contributed by atoms with Crippen LogP contribution < -0.4 is 15.8 Å². The second-order valence-electron chi connectivity index (χ2n) is 7.89. The number of pyridine rings is 1. The zero-order valence-corrected chi connectivity index (χ0v) is 19.9. The molecule has 3 aromatic heterocycles. The number of nitrogens with two attached hydrogens (primary N) is 1. The molecule has 34 heavy (non-hydrogen) atoms. The van der Waals surface area contributed by atoms with Gasteiger partial charge in [-0.1, -0.05) is 5.92 Å². The number of fused-ring (bicyclic) bond motifs is 1. The largest absolute Gasteiger partial charge is 0.490 e. The van der Waals surface area contributed by atoms with Crippen molar-refractivity contribution < 1.29 is 27.4 Å². The molecule has 0 unspecified atom stereocenters. The maximum absolute atomic E-state index is 10.8. The van der Waals surface area contributed by atoms with E-state index < -0.39 is 15.7 Å². The van der Waals surface area contributed by atoms with E-state index in [1.807, 2.05) is 11.5 Å². The Morgan fingerprint density at radius 2 is 2.09 bits per heavy atom. The Balaban J connectivity index is 1.90. The first kappa shape index (κ1) is 25.4. The number of ether oxygens (including phenoxy) is 1. The van der Waals surface area contributed by atoms with Gasteiger partial charge in [0.15, 0.2) is 23.1 Å². The molecule has 0 radical (unpaired) electrons. The lowest BCUT2D eigenvalue weighted by Crippen LogP contribution is -2.24. The number of hydrogen-bond acceptors (Lipinski definition) is 11. The van der Waals surface area contributed by atoms with E-state index in [0.29, 0.717) is 54.4 Å². The third-order valence-corrected chi connectivity index (χ3v) is 5.28. The number of imidazole rings is 1. The summed E-state index contributed by atoms with van der Waals surface area (Å²) >= 11 is 0. The minimum Gasteiger partial charge on any atom is -0.490 e. The van der Waals surface area contributed by atoms with Gasteiger partial charge in [0.25, 0.3) is 10.1 Å². The SMILES string of the molecule is CCn1c(-c2nonc2N)nc2c(C#CC(C)(C)O)ncc(OCCCNCCS(=O)(=O)O)c21. The Kier molecular flexibility index (Phi) is 7.72. The minimum absolute atomic E-state index is 0.0838.